The third-order valence-corrected chi connectivity index (χ3v) is 2.55. The van der Waals surface area contributed by atoms with E-state index in [1.165, 1.54) is 5.56 Å². The molecule has 62 valence electrons. The zero-order valence-corrected chi connectivity index (χ0v) is 8.56. The van der Waals surface area contributed by atoms with Gasteiger partial charge in [0.1, 0.15) is 0 Å². The SMILES string of the molecule is CCc1cc(CC#N)ccc1Br. The molecule has 1 aromatic carbocycles. The smallest absolute Gasteiger partial charge is 0.0669 e. The molecule has 0 aliphatic carbocycles. The molecule has 0 aliphatic heterocycles. The molecule has 1 rings (SSSR count). The topological polar surface area (TPSA) is 23.8 Å². The zero-order valence-electron chi connectivity index (χ0n) is 6.97. The first kappa shape index (κ1) is 9.28. The predicted octanol–water partition coefficient (Wildman–Crippen LogP) is 3.08. The number of rotatable bonds is 2. The molecule has 2 heteroatoms. The van der Waals surface area contributed by atoms with Gasteiger partial charge in [-0.3, -0.25) is 0 Å². The second kappa shape index (κ2) is 4.27. The average Bonchev–Trinajstić information content (AvgIpc) is 2.09. The van der Waals surface area contributed by atoms with E-state index < -0.39 is 0 Å². The van der Waals surface area contributed by atoms with E-state index in [9.17, 15) is 0 Å². The number of halogens is 1. The molecular weight excluding hydrogens is 214 g/mol. The van der Waals surface area contributed by atoms with Crippen molar-refractivity contribution in [2.75, 3.05) is 0 Å². The fourth-order valence-corrected chi connectivity index (χ4v) is 1.63. The van der Waals surface area contributed by atoms with Gasteiger partial charge in [0.05, 0.1) is 12.5 Å². The minimum absolute atomic E-state index is 0.500. The van der Waals surface area contributed by atoms with Crippen molar-refractivity contribution in [1.29, 1.82) is 5.26 Å². The summed E-state index contributed by atoms with van der Waals surface area (Å²) in [5.74, 6) is 0. The van der Waals surface area contributed by atoms with Gasteiger partial charge < -0.3 is 0 Å². The number of nitrogens with zero attached hydrogens (tertiary/aromatic N) is 1. The highest BCUT2D eigenvalue weighted by molar-refractivity contribution is 9.10. The van der Waals surface area contributed by atoms with Gasteiger partial charge in [-0.1, -0.05) is 35.0 Å². The summed E-state index contributed by atoms with van der Waals surface area (Å²) >= 11 is 3.46. The van der Waals surface area contributed by atoms with Crippen molar-refractivity contribution in [2.24, 2.45) is 0 Å². The second-order valence-corrected chi connectivity index (χ2v) is 3.47. The lowest BCUT2D eigenvalue weighted by atomic mass is 10.1. The Morgan fingerprint density at radius 3 is 2.83 bits per heavy atom. The summed E-state index contributed by atoms with van der Waals surface area (Å²) in [4.78, 5) is 0. The molecule has 0 atom stereocenters. The molecule has 1 nitrogen and oxygen atoms in total. The van der Waals surface area contributed by atoms with Crippen LogP contribution in [-0.4, -0.2) is 0 Å². The van der Waals surface area contributed by atoms with Gasteiger partial charge in [-0.25, -0.2) is 0 Å². The van der Waals surface area contributed by atoms with Gasteiger partial charge >= 0.3 is 0 Å². The van der Waals surface area contributed by atoms with Crippen molar-refractivity contribution < 1.29 is 0 Å². The first-order chi connectivity index (χ1) is 5.77. The monoisotopic (exact) mass is 223 g/mol. The number of benzene rings is 1. The van der Waals surface area contributed by atoms with Crippen LogP contribution >= 0.6 is 15.9 Å². The highest BCUT2D eigenvalue weighted by Crippen LogP contribution is 2.18. The first-order valence-electron chi connectivity index (χ1n) is 3.92. The number of aryl methyl sites for hydroxylation is 1. The van der Waals surface area contributed by atoms with Crippen LogP contribution in [-0.2, 0) is 12.8 Å². The highest BCUT2D eigenvalue weighted by atomic mass is 79.9. The molecule has 0 aliphatic rings. The largest absolute Gasteiger partial charge is 0.198 e. The number of hydrogen-bond acceptors (Lipinski definition) is 1. The molecule has 0 saturated heterocycles. The fraction of sp³-hybridized carbons (Fsp3) is 0.300. The third kappa shape index (κ3) is 2.09. The van der Waals surface area contributed by atoms with Crippen LogP contribution < -0.4 is 0 Å². The van der Waals surface area contributed by atoms with E-state index in [0.29, 0.717) is 6.42 Å². The van der Waals surface area contributed by atoms with Crippen LogP contribution in [0, 0.1) is 11.3 Å². The Kier molecular flexibility index (Phi) is 3.31. The van der Waals surface area contributed by atoms with Crippen molar-refractivity contribution in [3.8, 4) is 6.07 Å². The van der Waals surface area contributed by atoms with Crippen molar-refractivity contribution in [3.63, 3.8) is 0 Å². The van der Waals surface area contributed by atoms with Crippen LogP contribution in [0.4, 0.5) is 0 Å². The van der Waals surface area contributed by atoms with Crippen LogP contribution in [0.5, 0.6) is 0 Å². The molecule has 0 radical (unpaired) electrons. The molecule has 0 fully saturated rings. The van der Waals surface area contributed by atoms with Gasteiger partial charge in [0.15, 0.2) is 0 Å². The van der Waals surface area contributed by atoms with Crippen molar-refractivity contribution >= 4 is 15.9 Å². The molecule has 0 amide bonds. The standard InChI is InChI=1S/C10H10BrN/c1-2-9-7-8(5-6-12)3-4-10(9)11/h3-4,7H,2,5H2,1H3. The van der Waals surface area contributed by atoms with Crippen molar-refractivity contribution in [2.45, 2.75) is 19.8 Å². The van der Waals surface area contributed by atoms with Gasteiger partial charge in [-0.2, -0.15) is 5.26 Å². The summed E-state index contributed by atoms with van der Waals surface area (Å²) < 4.78 is 1.13. The molecule has 0 bridgehead atoms. The van der Waals surface area contributed by atoms with E-state index in [2.05, 4.69) is 35.0 Å². The lowest BCUT2D eigenvalue weighted by Gasteiger charge is -2.02. The minimum Gasteiger partial charge on any atom is -0.198 e. The minimum atomic E-state index is 0.500. The Bertz CT molecular complexity index is 312. The van der Waals surface area contributed by atoms with Gasteiger partial charge in [0.25, 0.3) is 0 Å². The van der Waals surface area contributed by atoms with Crippen LogP contribution in [0.2, 0.25) is 0 Å². The molecule has 0 aromatic heterocycles. The molecule has 0 N–H and O–H groups in total. The zero-order chi connectivity index (χ0) is 8.97. The first-order valence-corrected chi connectivity index (χ1v) is 4.71. The van der Waals surface area contributed by atoms with E-state index in [0.717, 1.165) is 16.5 Å². The van der Waals surface area contributed by atoms with E-state index in [1.807, 2.05) is 12.1 Å². The van der Waals surface area contributed by atoms with Crippen LogP contribution in [0.25, 0.3) is 0 Å². The second-order valence-electron chi connectivity index (χ2n) is 2.61. The van der Waals surface area contributed by atoms with E-state index in [1.54, 1.807) is 0 Å². The van der Waals surface area contributed by atoms with Crippen molar-refractivity contribution in [3.05, 3.63) is 33.8 Å². The van der Waals surface area contributed by atoms with Gasteiger partial charge in [0, 0.05) is 4.47 Å². The molecule has 12 heavy (non-hydrogen) atoms. The van der Waals surface area contributed by atoms with Gasteiger partial charge in [-0.15, -0.1) is 0 Å². The summed E-state index contributed by atoms with van der Waals surface area (Å²) in [5.41, 5.74) is 2.36. The van der Waals surface area contributed by atoms with Crippen LogP contribution in [0.3, 0.4) is 0 Å². The Hall–Kier alpha value is -0.810. The van der Waals surface area contributed by atoms with E-state index in [4.69, 9.17) is 5.26 Å². The van der Waals surface area contributed by atoms with Crippen LogP contribution in [0.1, 0.15) is 18.1 Å². The van der Waals surface area contributed by atoms with Gasteiger partial charge in [-0.05, 0) is 23.6 Å². The summed E-state index contributed by atoms with van der Waals surface area (Å²) in [5, 5.41) is 8.49. The molecule has 0 unspecified atom stereocenters. The Morgan fingerprint density at radius 2 is 2.25 bits per heavy atom. The Morgan fingerprint density at radius 1 is 1.50 bits per heavy atom. The molecule has 0 saturated carbocycles. The quantitative estimate of drug-likeness (QED) is 0.757. The van der Waals surface area contributed by atoms with Crippen molar-refractivity contribution in [1.82, 2.24) is 0 Å². The predicted molar refractivity (Wildman–Crippen MR) is 52.8 cm³/mol. The van der Waals surface area contributed by atoms with Crippen LogP contribution in [0.15, 0.2) is 22.7 Å². The summed E-state index contributed by atoms with van der Waals surface area (Å²) in [6, 6.07) is 8.20. The molecular formula is C10H10BrN. The maximum atomic E-state index is 8.49. The summed E-state index contributed by atoms with van der Waals surface area (Å²) in [7, 11) is 0. The fourth-order valence-electron chi connectivity index (χ4n) is 1.10. The number of hydrogen-bond donors (Lipinski definition) is 0. The van der Waals surface area contributed by atoms with Gasteiger partial charge in [0.2, 0.25) is 0 Å². The van der Waals surface area contributed by atoms with E-state index >= 15 is 0 Å². The lowest BCUT2D eigenvalue weighted by Crippen LogP contribution is -1.87. The summed E-state index contributed by atoms with van der Waals surface area (Å²) in [6.07, 6.45) is 1.50. The average molecular weight is 224 g/mol. The number of nitriles is 1. The normalized spacial score (nSPS) is 9.42. The maximum Gasteiger partial charge on any atom is 0.0669 e. The third-order valence-electron chi connectivity index (χ3n) is 1.77. The Labute approximate surface area is 81.2 Å². The lowest BCUT2D eigenvalue weighted by molar-refractivity contribution is 1.11. The highest BCUT2D eigenvalue weighted by Gasteiger charge is 1.98. The van der Waals surface area contributed by atoms with E-state index in [-0.39, 0.29) is 0 Å². The molecule has 1 aromatic rings. The Balaban J connectivity index is 2.98. The molecule has 0 spiro atoms. The maximum absolute atomic E-state index is 8.49. The summed E-state index contributed by atoms with van der Waals surface area (Å²) in [6.45, 7) is 2.11. The molecule has 0 heterocycles.